The van der Waals surface area contributed by atoms with Crippen molar-refractivity contribution in [3.8, 4) is 17.2 Å². The zero-order valence-corrected chi connectivity index (χ0v) is 15.4. The van der Waals surface area contributed by atoms with Crippen LogP contribution in [0.5, 0.6) is 17.2 Å². The van der Waals surface area contributed by atoms with E-state index in [1.165, 1.54) is 0 Å². The number of hydrogen-bond donors (Lipinski definition) is 0. The lowest BCUT2D eigenvalue weighted by Crippen LogP contribution is -2.25. The van der Waals surface area contributed by atoms with Gasteiger partial charge in [-0.15, -0.1) is 6.54 Å². The second kappa shape index (κ2) is 7.48. The predicted molar refractivity (Wildman–Crippen MR) is 99.4 cm³/mol. The van der Waals surface area contributed by atoms with Gasteiger partial charge in [-0.3, -0.25) is 4.79 Å². The molecule has 2 aliphatic heterocycles. The van der Waals surface area contributed by atoms with E-state index in [0.29, 0.717) is 18.9 Å². The number of ether oxygens (including phenoxy) is 4. The van der Waals surface area contributed by atoms with Gasteiger partial charge < -0.3 is 24.3 Å². The summed E-state index contributed by atoms with van der Waals surface area (Å²) in [6, 6.07) is 13.3. The van der Waals surface area contributed by atoms with Gasteiger partial charge >= 0.3 is 5.97 Å². The van der Waals surface area contributed by atoms with Gasteiger partial charge in [0.1, 0.15) is 5.75 Å². The summed E-state index contributed by atoms with van der Waals surface area (Å²) in [6.07, 6.45) is 0. The zero-order chi connectivity index (χ0) is 18.8. The van der Waals surface area contributed by atoms with Crippen LogP contribution in [0.25, 0.3) is 5.32 Å². The fourth-order valence-electron chi connectivity index (χ4n) is 3.78. The Morgan fingerprint density at radius 2 is 1.85 bits per heavy atom. The van der Waals surface area contributed by atoms with Crippen molar-refractivity contribution in [2.24, 2.45) is 5.92 Å². The minimum Gasteiger partial charge on any atom is -0.654 e. The van der Waals surface area contributed by atoms with Crippen LogP contribution in [-0.2, 0) is 9.53 Å². The van der Waals surface area contributed by atoms with E-state index in [-0.39, 0.29) is 30.6 Å². The van der Waals surface area contributed by atoms with E-state index >= 15 is 0 Å². The van der Waals surface area contributed by atoms with Gasteiger partial charge in [0.15, 0.2) is 11.5 Å². The van der Waals surface area contributed by atoms with E-state index < -0.39 is 0 Å². The molecule has 1 saturated heterocycles. The van der Waals surface area contributed by atoms with E-state index in [9.17, 15) is 4.79 Å². The van der Waals surface area contributed by atoms with E-state index in [1.54, 1.807) is 7.11 Å². The van der Waals surface area contributed by atoms with Crippen molar-refractivity contribution < 1.29 is 23.7 Å². The molecule has 142 valence electrons. The summed E-state index contributed by atoms with van der Waals surface area (Å²) in [4.78, 5) is 12.8. The largest absolute Gasteiger partial charge is 0.654 e. The molecule has 0 radical (unpaired) electrons. The van der Waals surface area contributed by atoms with Crippen LogP contribution in [0.15, 0.2) is 42.5 Å². The van der Waals surface area contributed by atoms with Crippen molar-refractivity contribution in [1.29, 1.82) is 0 Å². The van der Waals surface area contributed by atoms with Gasteiger partial charge in [-0.05, 0) is 42.7 Å². The first kappa shape index (κ1) is 17.7. The van der Waals surface area contributed by atoms with Crippen LogP contribution in [0, 0.1) is 5.92 Å². The van der Waals surface area contributed by atoms with Crippen molar-refractivity contribution in [2.75, 3.05) is 27.1 Å². The zero-order valence-electron chi connectivity index (χ0n) is 15.4. The first-order valence-corrected chi connectivity index (χ1v) is 9.08. The van der Waals surface area contributed by atoms with Crippen LogP contribution in [0.4, 0.5) is 0 Å². The van der Waals surface area contributed by atoms with Gasteiger partial charge in [-0.1, -0.05) is 29.8 Å². The third-order valence-electron chi connectivity index (χ3n) is 5.11. The van der Waals surface area contributed by atoms with E-state index in [1.807, 2.05) is 49.4 Å². The number of benzene rings is 2. The molecule has 3 atom stereocenters. The highest BCUT2D eigenvalue weighted by molar-refractivity contribution is 5.77. The Kier molecular flexibility index (Phi) is 4.90. The summed E-state index contributed by atoms with van der Waals surface area (Å²) in [5.41, 5.74) is 1.99. The van der Waals surface area contributed by atoms with Gasteiger partial charge in [0.05, 0.1) is 19.6 Å². The van der Waals surface area contributed by atoms with Gasteiger partial charge in [0.2, 0.25) is 6.79 Å². The highest BCUT2D eigenvalue weighted by Crippen LogP contribution is 2.49. The SMILES string of the molecule is CCOC(=O)[C@@H]1C(c2ccc3c(c2)OCO3)C[N-]C1c1ccc(OC)cc1. The minimum atomic E-state index is -0.376. The lowest BCUT2D eigenvalue weighted by molar-refractivity contribution is -0.148. The maximum Gasteiger partial charge on any atom is 0.308 e. The molecule has 2 aromatic carbocycles. The number of carbonyl (C=O) groups is 1. The average molecular weight is 368 g/mol. The molecule has 4 rings (SSSR count). The molecule has 0 saturated carbocycles. The molecule has 0 spiro atoms. The van der Waals surface area contributed by atoms with Gasteiger partial charge in [0, 0.05) is 0 Å². The smallest absolute Gasteiger partial charge is 0.308 e. The maximum absolute atomic E-state index is 12.8. The molecule has 1 fully saturated rings. The van der Waals surface area contributed by atoms with Crippen molar-refractivity contribution in [1.82, 2.24) is 0 Å². The number of fused-ring (bicyclic) bond motifs is 1. The minimum absolute atomic E-state index is 0.0642. The third-order valence-corrected chi connectivity index (χ3v) is 5.11. The Morgan fingerprint density at radius 3 is 2.59 bits per heavy atom. The number of nitrogens with zero attached hydrogens (tertiary/aromatic N) is 1. The fourth-order valence-corrected chi connectivity index (χ4v) is 3.78. The van der Waals surface area contributed by atoms with E-state index in [4.69, 9.17) is 24.3 Å². The molecule has 0 amide bonds. The Bertz CT molecular complexity index is 820. The van der Waals surface area contributed by atoms with E-state index in [2.05, 4.69) is 0 Å². The highest BCUT2D eigenvalue weighted by Gasteiger charge is 2.37. The standard InChI is InChI=1S/C21H22NO5/c1-3-25-21(23)19-16(14-6-9-17-18(10-14)27-12-26-17)11-22-20(19)13-4-7-15(24-2)8-5-13/h4-10,16,19-20H,3,11-12H2,1-2H3/q-1/t16?,19-,20?/m1/s1. The highest BCUT2D eigenvalue weighted by atomic mass is 16.7. The molecule has 27 heavy (non-hydrogen) atoms. The van der Waals surface area contributed by atoms with Crippen LogP contribution in [0.3, 0.4) is 0 Å². The quantitative estimate of drug-likeness (QED) is 0.751. The maximum atomic E-state index is 12.8. The van der Waals surface area contributed by atoms with Crippen LogP contribution >= 0.6 is 0 Å². The Hall–Kier alpha value is -2.73. The molecule has 0 aliphatic carbocycles. The number of hydrogen-bond acceptors (Lipinski definition) is 5. The van der Waals surface area contributed by atoms with Gasteiger partial charge in [0.25, 0.3) is 0 Å². The summed E-state index contributed by atoms with van der Waals surface area (Å²) >= 11 is 0. The molecule has 0 aromatic heterocycles. The molecule has 6 heteroatoms. The number of carbonyl (C=O) groups excluding carboxylic acids is 1. The van der Waals surface area contributed by atoms with Crippen LogP contribution in [-0.4, -0.2) is 33.0 Å². The van der Waals surface area contributed by atoms with E-state index in [0.717, 1.165) is 22.6 Å². The van der Waals surface area contributed by atoms with Crippen LogP contribution in [0.1, 0.15) is 30.0 Å². The van der Waals surface area contributed by atoms with Crippen molar-refractivity contribution in [3.05, 3.63) is 58.9 Å². The number of methoxy groups -OCH3 is 1. The summed E-state index contributed by atoms with van der Waals surface area (Å²) < 4.78 is 21.5. The molecule has 2 heterocycles. The lowest BCUT2D eigenvalue weighted by Gasteiger charge is -2.29. The molecule has 0 N–H and O–H groups in total. The molecular weight excluding hydrogens is 346 g/mol. The first-order chi connectivity index (χ1) is 13.2. The normalized spacial score (nSPS) is 23.3. The molecule has 0 bridgehead atoms. The molecule has 2 unspecified atom stereocenters. The fraction of sp³-hybridized carbons (Fsp3) is 0.381. The third kappa shape index (κ3) is 3.32. The summed E-state index contributed by atoms with van der Waals surface area (Å²) in [5.74, 6) is 1.56. The number of esters is 1. The second-order valence-electron chi connectivity index (χ2n) is 6.58. The number of rotatable bonds is 5. The average Bonchev–Trinajstić information content (AvgIpc) is 3.34. The van der Waals surface area contributed by atoms with Crippen LogP contribution < -0.4 is 14.2 Å². The van der Waals surface area contributed by atoms with Crippen LogP contribution in [0.2, 0.25) is 0 Å². The Morgan fingerprint density at radius 1 is 1.11 bits per heavy atom. The lowest BCUT2D eigenvalue weighted by atomic mass is 9.83. The molecule has 2 aliphatic rings. The van der Waals surface area contributed by atoms with Gasteiger partial charge in [-0.2, -0.15) is 0 Å². The second-order valence-corrected chi connectivity index (χ2v) is 6.58. The van der Waals surface area contributed by atoms with Gasteiger partial charge in [-0.25, -0.2) is 0 Å². The van der Waals surface area contributed by atoms with Crippen molar-refractivity contribution >= 4 is 5.97 Å². The Labute approximate surface area is 158 Å². The topological polar surface area (TPSA) is 68.1 Å². The summed E-state index contributed by atoms with van der Waals surface area (Å²) in [6.45, 7) is 2.95. The monoisotopic (exact) mass is 368 g/mol. The summed E-state index contributed by atoms with van der Waals surface area (Å²) in [7, 11) is 1.63. The molecular formula is C21H22NO5-. The predicted octanol–water partition coefficient (Wildman–Crippen LogP) is 3.82. The molecule has 6 nitrogen and oxygen atoms in total. The summed E-state index contributed by atoms with van der Waals surface area (Å²) in [5, 5.41) is 4.78. The van der Waals surface area contributed by atoms with Crippen molar-refractivity contribution in [2.45, 2.75) is 18.9 Å². The van der Waals surface area contributed by atoms with Crippen molar-refractivity contribution in [3.63, 3.8) is 0 Å². The molecule has 2 aromatic rings. The Balaban J connectivity index is 1.66. The first-order valence-electron chi connectivity index (χ1n) is 9.08.